The number of rotatable bonds is 4. The molecule has 0 bridgehead atoms. The minimum absolute atomic E-state index is 0. The number of carboxylic acid groups (broad SMARTS) is 4. The Bertz CT molecular complexity index is 1250. The minimum atomic E-state index is -1.18. The first-order valence-electron chi connectivity index (χ1n) is 10.8. The molecule has 0 unspecified atom stereocenters. The second-order valence-electron chi connectivity index (χ2n) is 7.21. The van der Waals surface area contributed by atoms with Crippen molar-refractivity contribution in [2.45, 2.75) is 0 Å². The van der Waals surface area contributed by atoms with Crippen molar-refractivity contribution in [2.75, 3.05) is 0 Å². The number of benzene rings is 4. The first-order chi connectivity index (χ1) is 18.9. The number of aromatic carboxylic acids is 4. The molecule has 0 aliphatic carbocycles. The molecule has 0 heterocycles. The predicted molar refractivity (Wildman–Crippen MR) is 131 cm³/mol. The molecule has 0 amide bonds. The van der Waals surface area contributed by atoms with Gasteiger partial charge in [0.05, 0.1) is 22.3 Å². The zero-order valence-electron chi connectivity index (χ0n) is 20.9. The molecule has 0 spiro atoms. The Labute approximate surface area is 259 Å². The Morgan fingerprint density at radius 3 is 0.595 bits per heavy atom. The van der Waals surface area contributed by atoms with Gasteiger partial charge in [0.15, 0.2) is 0 Å². The fourth-order valence-electron chi connectivity index (χ4n) is 2.57. The summed E-state index contributed by atoms with van der Waals surface area (Å²) in [6.45, 7) is 0. The van der Waals surface area contributed by atoms with Gasteiger partial charge in [-0.2, -0.15) is 0 Å². The van der Waals surface area contributed by atoms with E-state index in [1.807, 2.05) is 0 Å². The second kappa shape index (κ2) is 20.0. The van der Waals surface area contributed by atoms with Crippen LogP contribution in [0.15, 0.2) is 97.1 Å². The van der Waals surface area contributed by atoms with Crippen molar-refractivity contribution >= 4 is 23.9 Å². The van der Waals surface area contributed by atoms with Gasteiger partial charge in [0.25, 0.3) is 0 Å². The van der Waals surface area contributed by atoms with Gasteiger partial charge in [-0.15, -0.1) is 0 Å². The standard InChI is InChI=1S/4C7H6O3.2Cu/c4*8-6-4-2-1-3-5(6)7(9)10;;/h4*1-4,8H,(H,9,10);;/q;;;;2*+2/p-4. The molecule has 4 aromatic rings. The van der Waals surface area contributed by atoms with Gasteiger partial charge in [0.2, 0.25) is 0 Å². The molecular formula is C28H20Cu2O12. The Hall–Kier alpha value is -5.00. The Balaban J connectivity index is 0. The predicted octanol–water partition coefficient (Wildman–Crippen LogP) is 1.83. The van der Waals surface area contributed by atoms with Crippen molar-refractivity contribution in [3.63, 3.8) is 0 Å². The van der Waals surface area contributed by atoms with Crippen molar-refractivity contribution in [3.05, 3.63) is 119 Å². The normalized spacial score (nSPS) is 8.76. The fraction of sp³-hybridized carbons (Fsp3) is 0. The molecule has 12 nitrogen and oxygen atoms in total. The van der Waals surface area contributed by atoms with Crippen molar-refractivity contribution in [3.8, 4) is 23.0 Å². The zero-order chi connectivity index (χ0) is 30.2. The first-order valence-corrected chi connectivity index (χ1v) is 10.8. The smallest absolute Gasteiger partial charge is 0.872 e. The summed E-state index contributed by atoms with van der Waals surface area (Å²) in [5.74, 6) is -6.50. The molecule has 4 aromatic carbocycles. The topological polar surface area (TPSA) is 241 Å². The van der Waals surface area contributed by atoms with Crippen LogP contribution < -0.4 is 20.4 Å². The summed E-state index contributed by atoms with van der Waals surface area (Å²) in [4.78, 5) is 40.9. The molecule has 4 rings (SSSR count). The van der Waals surface area contributed by atoms with Crippen molar-refractivity contribution in [1.29, 1.82) is 0 Å². The van der Waals surface area contributed by atoms with Gasteiger partial charge in [-0.05, 0) is 24.3 Å². The van der Waals surface area contributed by atoms with Crippen molar-refractivity contribution in [2.24, 2.45) is 0 Å². The first kappa shape index (κ1) is 39.1. The third-order valence-electron chi connectivity index (χ3n) is 4.47. The number of hydrogen-bond acceptors (Lipinski definition) is 8. The maximum atomic E-state index is 10.7. The molecular weight excluding hydrogens is 655 g/mol. The van der Waals surface area contributed by atoms with E-state index in [2.05, 4.69) is 0 Å². The number of hydrogen-bond donors (Lipinski definition) is 4. The summed E-state index contributed by atoms with van der Waals surface area (Å²) in [7, 11) is 0. The largest absolute Gasteiger partial charge is 2.00 e. The maximum Gasteiger partial charge on any atom is 2.00 e. The average Bonchev–Trinajstić information content (AvgIpc) is 2.90. The van der Waals surface area contributed by atoms with Gasteiger partial charge in [-0.25, -0.2) is 19.2 Å². The van der Waals surface area contributed by atoms with E-state index in [0.717, 1.165) is 0 Å². The second-order valence-corrected chi connectivity index (χ2v) is 7.21. The molecule has 0 saturated heterocycles. The van der Waals surface area contributed by atoms with Gasteiger partial charge in [-0.3, -0.25) is 0 Å². The minimum Gasteiger partial charge on any atom is -0.872 e. The fourth-order valence-corrected chi connectivity index (χ4v) is 2.57. The number of para-hydroxylation sites is 4. The molecule has 226 valence electrons. The summed E-state index contributed by atoms with van der Waals surface area (Å²) in [5.41, 5.74) is -0.713. The van der Waals surface area contributed by atoms with Crippen LogP contribution in [0.1, 0.15) is 41.4 Å². The monoisotopic (exact) mass is 674 g/mol. The maximum absolute atomic E-state index is 10.7. The van der Waals surface area contributed by atoms with Crippen LogP contribution in [0.2, 0.25) is 0 Å². The van der Waals surface area contributed by atoms with Crippen molar-refractivity contribution < 1.29 is 94.2 Å². The Morgan fingerprint density at radius 1 is 0.357 bits per heavy atom. The van der Waals surface area contributed by atoms with Crippen LogP contribution in [0.4, 0.5) is 0 Å². The van der Waals surface area contributed by atoms with Gasteiger partial charge in [0.1, 0.15) is 0 Å². The van der Waals surface area contributed by atoms with E-state index < -0.39 is 46.9 Å². The molecule has 0 saturated carbocycles. The molecule has 2 radical (unpaired) electrons. The number of carbonyl (C=O) groups is 4. The molecule has 4 N–H and O–H groups in total. The molecule has 42 heavy (non-hydrogen) atoms. The van der Waals surface area contributed by atoms with Crippen molar-refractivity contribution in [1.82, 2.24) is 0 Å². The third-order valence-corrected chi connectivity index (χ3v) is 4.47. The van der Waals surface area contributed by atoms with Crippen LogP contribution in [0.3, 0.4) is 0 Å². The van der Waals surface area contributed by atoms with E-state index in [9.17, 15) is 39.6 Å². The van der Waals surface area contributed by atoms with E-state index in [1.54, 1.807) is 0 Å². The quantitative estimate of drug-likeness (QED) is 0.227. The van der Waals surface area contributed by atoms with E-state index >= 15 is 0 Å². The van der Waals surface area contributed by atoms with E-state index in [1.165, 1.54) is 97.1 Å². The third kappa shape index (κ3) is 13.4. The van der Waals surface area contributed by atoms with Crippen LogP contribution in [0.25, 0.3) is 0 Å². The molecule has 0 aliphatic heterocycles. The number of carboxylic acids is 4. The molecule has 0 fully saturated rings. The summed E-state index contributed by atoms with van der Waals surface area (Å²) < 4.78 is 0. The summed E-state index contributed by atoms with van der Waals surface area (Å²) in [6, 6.07) is 22.1. The van der Waals surface area contributed by atoms with E-state index in [-0.39, 0.29) is 56.4 Å². The molecule has 0 aliphatic rings. The van der Waals surface area contributed by atoms with Gasteiger partial charge in [0, 0.05) is 0 Å². The van der Waals surface area contributed by atoms with Crippen LogP contribution in [0, 0.1) is 0 Å². The van der Waals surface area contributed by atoms with Gasteiger partial charge < -0.3 is 40.9 Å². The summed E-state index contributed by atoms with van der Waals surface area (Å²) >= 11 is 0. The van der Waals surface area contributed by atoms with Crippen LogP contribution in [-0.2, 0) is 34.1 Å². The van der Waals surface area contributed by atoms with Crippen LogP contribution >= 0.6 is 0 Å². The molecule has 0 aromatic heterocycles. The van der Waals surface area contributed by atoms with Gasteiger partial charge >= 0.3 is 58.0 Å². The molecule has 14 heteroatoms. The van der Waals surface area contributed by atoms with E-state index in [4.69, 9.17) is 20.4 Å². The van der Waals surface area contributed by atoms with Crippen LogP contribution in [-0.4, -0.2) is 44.3 Å². The van der Waals surface area contributed by atoms with Gasteiger partial charge in [-0.1, -0.05) is 95.8 Å². The van der Waals surface area contributed by atoms with Crippen LogP contribution in [0.5, 0.6) is 23.0 Å². The summed E-state index contributed by atoms with van der Waals surface area (Å²) in [5, 5.41) is 76.2. The Morgan fingerprint density at radius 2 is 0.500 bits per heavy atom. The SMILES string of the molecule is O=C(O)c1ccccc1[O-].O=C(O)c1ccccc1[O-].O=C(O)c1ccccc1[O-].O=C(O)c1ccccc1[O-].[Cu+2].[Cu+2]. The average molecular weight is 676 g/mol. The Kier molecular flexibility index (Phi) is 18.6. The molecule has 0 atom stereocenters. The zero-order valence-corrected chi connectivity index (χ0v) is 22.8. The van der Waals surface area contributed by atoms with E-state index in [0.29, 0.717) is 0 Å². The summed E-state index contributed by atoms with van der Waals surface area (Å²) in [6.07, 6.45) is 0.